The maximum absolute atomic E-state index is 13.6. The van der Waals surface area contributed by atoms with Crippen molar-refractivity contribution in [2.45, 2.75) is 6.92 Å². The van der Waals surface area contributed by atoms with E-state index in [1.807, 2.05) is 23.7 Å². The standard InChI is InChI=1S/C14H11ClFN3/c1-8-10(6-17-7-11(8)16)14-18-12-4-3-9(15)5-13(12)19(14)2/h3-7H,1-2H3. The molecule has 96 valence electrons. The average Bonchev–Trinajstić information content (AvgIpc) is 2.70. The summed E-state index contributed by atoms with van der Waals surface area (Å²) in [6.07, 6.45) is 2.83. The van der Waals surface area contributed by atoms with Crippen LogP contribution in [0.15, 0.2) is 30.6 Å². The Kier molecular flexibility index (Phi) is 2.75. The van der Waals surface area contributed by atoms with Crippen LogP contribution in [0, 0.1) is 12.7 Å². The van der Waals surface area contributed by atoms with Crippen molar-refractivity contribution in [3.8, 4) is 11.4 Å². The summed E-state index contributed by atoms with van der Waals surface area (Å²) in [6.45, 7) is 1.72. The first-order valence-corrected chi connectivity index (χ1v) is 6.18. The molecule has 5 heteroatoms. The Hall–Kier alpha value is -1.94. The maximum Gasteiger partial charge on any atom is 0.145 e. The summed E-state index contributed by atoms with van der Waals surface area (Å²) in [7, 11) is 1.88. The van der Waals surface area contributed by atoms with Gasteiger partial charge in [-0.15, -0.1) is 0 Å². The minimum Gasteiger partial charge on any atom is -0.327 e. The summed E-state index contributed by atoms with van der Waals surface area (Å²) in [5.74, 6) is 0.351. The Labute approximate surface area is 114 Å². The van der Waals surface area contributed by atoms with Gasteiger partial charge in [0.1, 0.15) is 11.6 Å². The number of halogens is 2. The molecule has 0 spiro atoms. The van der Waals surface area contributed by atoms with Crippen LogP contribution in [0.2, 0.25) is 5.02 Å². The van der Waals surface area contributed by atoms with Crippen LogP contribution in [-0.4, -0.2) is 14.5 Å². The van der Waals surface area contributed by atoms with E-state index in [-0.39, 0.29) is 5.82 Å². The van der Waals surface area contributed by atoms with Crippen LogP contribution in [0.4, 0.5) is 4.39 Å². The summed E-state index contributed by atoms with van der Waals surface area (Å²) in [6, 6.07) is 5.48. The van der Waals surface area contributed by atoms with E-state index in [1.165, 1.54) is 6.20 Å². The molecule has 0 amide bonds. The first-order chi connectivity index (χ1) is 9.08. The molecule has 1 aromatic carbocycles. The molecule has 0 radical (unpaired) electrons. The molecule has 0 atom stereocenters. The highest BCUT2D eigenvalue weighted by Crippen LogP contribution is 2.28. The van der Waals surface area contributed by atoms with Crippen molar-refractivity contribution in [1.29, 1.82) is 0 Å². The normalized spacial score (nSPS) is 11.2. The third-order valence-corrected chi connectivity index (χ3v) is 3.47. The van der Waals surface area contributed by atoms with E-state index in [2.05, 4.69) is 9.97 Å². The summed E-state index contributed by atoms with van der Waals surface area (Å²) < 4.78 is 15.5. The molecule has 0 aliphatic heterocycles. The van der Waals surface area contributed by atoms with Gasteiger partial charge in [0.15, 0.2) is 0 Å². The first kappa shape index (κ1) is 12.1. The van der Waals surface area contributed by atoms with E-state index >= 15 is 0 Å². The lowest BCUT2D eigenvalue weighted by Crippen LogP contribution is -1.97. The Morgan fingerprint density at radius 1 is 1.26 bits per heavy atom. The minimum atomic E-state index is -0.331. The zero-order chi connectivity index (χ0) is 13.6. The monoisotopic (exact) mass is 275 g/mol. The van der Waals surface area contributed by atoms with Crippen molar-refractivity contribution in [3.05, 3.63) is 47.0 Å². The Morgan fingerprint density at radius 3 is 2.84 bits per heavy atom. The zero-order valence-corrected chi connectivity index (χ0v) is 11.2. The number of imidazole rings is 1. The largest absolute Gasteiger partial charge is 0.327 e. The van der Waals surface area contributed by atoms with Gasteiger partial charge in [-0.3, -0.25) is 4.98 Å². The van der Waals surface area contributed by atoms with Gasteiger partial charge in [-0.05, 0) is 30.7 Å². The van der Waals surface area contributed by atoms with Crippen LogP contribution in [0.1, 0.15) is 5.56 Å². The highest BCUT2D eigenvalue weighted by molar-refractivity contribution is 6.31. The number of nitrogens with zero attached hydrogens (tertiary/aromatic N) is 3. The third-order valence-electron chi connectivity index (χ3n) is 3.24. The fraction of sp³-hybridized carbons (Fsp3) is 0.143. The predicted molar refractivity (Wildman–Crippen MR) is 73.7 cm³/mol. The van der Waals surface area contributed by atoms with Crippen molar-refractivity contribution in [3.63, 3.8) is 0 Å². The number of pyridine rings is 1. The number of rotatable bonds is 1. The van der Waals surface area contributed by atoms with Crippen LogP contribution in [0.5, 0.6) is 0 Å². The Balaban J connectivity index is 2.31. The van der Waals surface area contributed by atoms with Crippen molar-refractivity contribution >= 4 is 22.6 Å². The number of fused-ring (bicyclic) bond motifs is 1. The first-order valence-electron chi connectivity index (χ1n) is 5.80. The third kappa shape index (κ3) is 1.88. The van der Waals surface area contributed by atoms with Gasteiger partial charge in [-0.2, -0.15) is 0 Å². The van der Waals surface area contributed by atoms with Crippen molar-refractivity contribution < 1.29 is 4.39 Å². The quantitative estimate of drug-likeness (QED) is 0.677. The average molecular weight is 276 g/mol. The molecule has 0 saturated carbocycles. The molecule has 3 nitrogen and oxygen atoms in total. The molecule has 0 aliphatic rings. The number of aryl methyl sites for hydroxylation is 1. The van der Waals surface area contributed by atoms with Crippen LogP contribution in [-0.2, 0) is 7.05 Å². The second-order valence-corrected chi connectivity index (χ2v) is 4.86. The molecule has 3 aromatic rings. The molecule has 0 aliphatic carbocycles. The van der Waals surface area contributed by atoms with Crippen molar-refractivity contribution in [1.82, 2.24) is 14.5 Å². The number of hydrogen-bond donors (Lipinski definition) is 0. The van der Waals surface area contributed by atoms with Gasteiger partial charge in [0.2, 0.25) is 0 Å². The smallest absolute Gasteiger partial charge is 0.145 e. The topological polar surface area (TPSA) is 30.7 Å². The summed E-state index contributed by atoms with van der Waals surface area (Å²) in [5, 5.41) is 0.649. The number of benzene rings is 1. The highest BCUT2D eigenvalue weighted by atomic mass is 35.5. The van der Waals surface area contributed by atoms with Crippen LogP contribution in [0.25, 0.3) is 22.4 Å². The Morgan fingerprint density at radius 2 is 2.05 bits per heavy atom. The molecular weight excluding hydrogens is 265 g/mol. The predicted octanol–water partition coefficient (Wildman–Crippen LogP) is 3.74. The van der Waals surface area contributed by atoms with Crippen LogP contribution in [0.3, 0.4) is 0 Å². The van der Waals surface area contributed by atoms with E-state index in [0.717, 1.165) is 11.0 Å². The van der Waals surface area contributed by atoms with E-state index in [4.69, 9.17) is 11.6 Å². The highest BCUT2D eigenvalue weighted by Gasteiger charge is 2.14. The van der Waals surface area contributed by atoms with Gasteiger partial charge in [0.25, 0.3) is 0 Å². The second kappa shape index (κ2) is 4.31. The second-order valence-electron chi connectivity index (χ2n) is 4.42. The molecule has 0 saturated heterocycles. The van der Waals surface area contributed by atoms with Gasteiger partial charge in [-0.1, -0.05) is 11.6 Å². The molecule has 2 aromatic heterocycles. The minimum absolute atomic E-state index is 0.331. The number of aromatic nitrogens is 3. The van der Waals surface area contributed by atoms with Crippen molar-refractivity contribution in [2.24, 2.45) is 7.05 Å². The van der Waals surface area contributed by atoms with E-state index in [0.29, 0.717) is 22.0 Å². The molecule has 0 fully saturated rings. The summed E-state index contributed by atoms with van der Waals surface area (Å²) in [4.78, 5) is 8.42. The van der Waals surface area contributed by atoms with Gasteiger partial charge < -0.3 is 4.57 Å². The molecule has 0 N–H and O–H groups in total. The van der Waals surface area contributed by atoms with Gasteiger partial charge in [0.05, 0.1) is 17.2 Å². The van der Waals surface area contributed by atoms with Crippen molar-refractivity contribution in [2.75, 3.05) is 0 Å². The number of hydrogen-bond acceptors (Lipinski definition) is 2. The SMILES string of the molecule is Cc1c(F)cncc1-c1nc2ccc(Cl)cc2n1C. The van der Waals surface area contributed by atoms with E-state index in [1.54, 1.807) is 19.2 Å². The van der Waals surface area contributed by atoms with E-state index < -0.39 is 0 Å². The zero-order valence-electron chi connectivity index (χ0n) is 10.5. The van der Waals surface area contributed by atoms with Gasteiger partial charge in [-0.25, -0.2) is 9.37 Å². The lowest BCUT2D eigenvalue weighted by Gasteiger charge is -2.06. The Bertz CT molecular complexity index is 780. The molecular formula is C14H11ClFN3. The molecule has 3 rings (SSSR count). The van der Waals surface area contributed by atoms with Gasteiger partial charge in [0, 0.05) is 23.8 Å². The molecule has 2 heterocycles. The molecule has 0 bridgehead atoms. The summed E-state index contributed by atoms with van der Waals surface area (Å²) >= 11 is 5.99. The maximum atomic E-state index is 13.6. The lowest BCUT2D eigenvalue weighted by molar-refractivity contribution is 0.612. The van der Waals surface area contributed by atoms with Gasteiger partial charge >= 0.3 is 0 Å². The fourth-order valence-corrected chi connectivity index (χ4v) is 2.30. The van der Waals surface area contributed by atoms with Crippen LogP contribution < -0.4 is 0 Å². The molecule has 0 unspecified atom stereocenters. The van der Waals surface area contributed by atoms with Crippen LogP contribution >= 0.6 is 11.6 Å². The van der Waals surface area contributed by atoms with E-state index in [9.17, 15) is 4.39 Å². The lowest BCUT2D eigenvalue weighted by atomic mass is 10.1. The summed E-state index contributed by atoms with van der Waals surface area (Å²) in [5.41, 5.74) is 2.96. The molecule has 19 heavy (non-hydrogen) atoms. The fourth-order valence-electron chi connectivity index (χ4n) is 2.13.